The maximum atomic E-state index is 10.2. The van der Waals surface area contributed by atoms with Gasteiger partial charge in [-0.2, -0.15) is 0 Å². The van der Waals surface area contributed by atoms with Crippen LogP contribution in [0.5, 0.6) is 0 Å². The molecule has 0 radical (unpaired) electrons. The van der Waals surface area contributed by atoms with E-state index in [9.17, 15) is 4.57 Å². The van der Waals surface area contributed by atoms with Gasteiger partial charge in [0.1, 0.15) is 0 Å². The van der Waals surface area contributed by atoms with E-state index in [-0.39, 0.29) is 0 Å². The van der Waals surface area contributed by atoms with E-state index in [4.69, 9.17) is 10.6 Å². The molecule has 0 aromatic heterocycles. The first kappa shape index (κ1) is 9.15. The van der Waals surface area contributed by atoms with E-state index >= 15 is 0 Å². The molecule has 4 heteroatoms. The van der Waals surface area contributed by atoms with E-state index in [1.165, 1.54) is 0 Å². The standard InChI is InChI=1S/C5H14NO2P/c1-5(4-6)2-3-9(7)8/h5,9H,2-4,6H2,1H3,(H,7,8). The van der Waals surface area contributed by atoms with Crippen LogP contribution in [0.15, 0.2) is 0 Å². The van der Waals surface area contributed by atoms with Crippen LogP contribution in [0.25, 0.3) is 0 Å². The molecule has 0 fully saturated rings. The van der Waals surface area contributed by atoms with E-state index in [1.54, 1.807) is 0 Å². The molecule has 0 aliphatic carbocycles. The lowest BCUT2D eigenvalue weighted by Gasteiger charge is -2.04. The zero-order chi connectivity index (χ0) is 7.28. The van der Waals surface area contributed by atoms with Crippen LogP contribution < -0.4 is 5.73 Å². The first-order chi connectivity index (χ1) is 4.16. The second-order valence-corrected chi connectivity index (χ2v) is 3.56. The maximum Gasteiger partial charge on any atom is 0.189 e. The molecule has 0 amide bonds. The molecule has 0 spiro atoms. The van der Waals surface area contributed by atoms with Gasteiger partial charge in [-0.3, -0.25) is 4.57 Å². The smallest absolute Gasteiger partial charge is 0.189 e. The molecule has 0 saturated carbocycles. The molecule has 2 unspecified atom stereocenters. The molecule has 0 saturated heterocycles. The molecule has 3 nitrogen and oxygen atoms in total. The van der Waals surface area contributed by atoms with E-state index in [0.717, 1.165) is 6.42 Å². The largest absolute Gasteiger partial charge is 0.346 e. The van der Waals surface area contributed by atoms with Crippen LogP contribution in [0.1, 0.15) is 13.3 Å². The highest BCUT2D eigenvalue weighted by molar-refractivity contribution is 7.37. The van der Waals surface area contributed by atoms with E-state index in [2.05, 4.69) is 0 Å². The Morgan fingerprint density at radius 1 is 1.78 bits per heavy atom. The fourth-order valence-electron chi connectivity index (χ4n) is 0.488. The van der Waals surface area contributed by atoms with Gasteiger partial charge in [0.15, 0.2) is 8.03 Å². The summed E-state index contributed by atoms with van der Waals surface area (Å²) in [5.41, 5.74) is 5.29. The Hall–Kier alpha value is 0.150. The third-order valence-corrected chi connectivity index (χ3v) is 1.97. The Bertz CT molecular complexity index is 97.0. The van der Waals surface area contributed by atoms with Crippen molar-refractivity contribution < 1.29 is 9.46 Å². The minimum Gasteiger partial charge on any atom is -0.346 e. The molecule has 9 heavy (non-hydrogen) atoms. The first-order valence-electron chi connectivity index (χ1n) is 3.08. The van der Waals surface area contributed by atoms with Gasteiger partial charge < -0.3 is 10.6 Å². The first-order valence-corrected chi connectivity index (χ1v) is 4.65. The van der Waals surface area contributed by atoms with Crippen molar-refractivity contribution in [1.82, 2.24) is 0 Å². The summed E-state index contributed by atoms with van der Waals surface area (Å²) >= 11 is 0. The Kier molecular flexibility index (Phi) is 5.06. The Morgan fingerprint density at radius 2 is 2.33 bits per heavy atom. The van der Waals surface area contributed by atoms with Crippen molar-refractivity contribution in [2.75, 3.05) is 12.7 Å². The molecule has 0 aromatic carbocycles. The van der Waals surface area contributed by atoms with Crippen molar-refractivity contribution in [3.63, 3.8) is 0 Å². The average molecular weight is 151 g/mol. The normalized spacial score (nSPS) is 17.2. The van der Waals surface area contributed by atoms with Crippen molar-refractivity contribution in [3.8, 4) is 0 Å². The summed E-state index contributed by atoms with van der Waals surface area (Å²) in [6, 6.07) is 0. The lowest BCUT2D eigenvalue weighted by Crippen LogP contribution is -2.10. The van der Waals surface area contributed by atoms with Crippen LogP contribution in [0.4, 0.5) is 0 Å². The van der Waals surface area contributed by atoms with Crippen LogP contribution >= 0.6 is 8.03 Å². The number of nitrogens with two attached hydrogens (primary N) is 1. The predicted molar refractivity (Wildman–Crippen MR) is 38.9 cm³/mol. The maximum absolute atomic E-state index is 10.2. The second kappa shape index (κ2) is 4.98. The van der Waals surface area contributed by atoms with Crippen LogP contribution in [0, 0.1) is 5.92 Å². The summed E-state index contributed by atoms with van der Waals surface area (Å²) in [4.78, 5) is 8.40. The molecule has 0 bridgehead atoms. The summed E-state index contributed by atoms with van der Waals surface area (Å²) in [5, 5.41) is 0. The fraction of sp³-hybridized carbons (Fsp3) is 1.00. The molecular weight excluding hydrogens is 137 g/mol. The molecule has 56 valence electrons. The van der Waals surface area contributed by atoms with Crippen LogP contribution in [-0.4, -0.2) is 17.6 Å². The summed E-state index contributed by atoms with van der Waals surface area (Å²) in [6.07, 6.45) is 1.19. The lowest BCUT2D eigenvalue weighted by molar-refractivity contribution is 0.490. The lowest BCUT2D eigenvalue weighted by atomic mass is 10.1. The average Bonchev–Trinajstić information content (AvgIpc) is 1.83. The van der Waals surface area contributed by atoms with Gasteiger partial charge in [-0.05, 0) is 18.9 Å². The predicted octanol–water partition coefficient (Wildman–Crippen LogP) is 0.438. The van der Waals surface area contributed by atoms with Gasteiger partial charge in [-0.25, -0.2) is 0 Å². The topological polar surface area (TPSA) is 63.3 Å². The van der Waals surface area contributed by atoms with Crippen LogP contribution in [0.3, 0.4) is 0 Å². The van der Waals surface area contributed by atoms with Crippen molar-refractivity contribution in [1.29, 1.82) is 0 Å². The molecule has 0 heterocycles. The molecule has 0 aliphatic rings. The third-order valence-electron chi connectivity index (χ3n) is 1.25. The summed E-state index contributed by atoms with van der Waals surface area (Å²) in [7, 11) is -2.25. The highest BCUT2D eigenvalue weighted by Crippen LogP contribution is 2.16. The van der Waals surface area contributed by atoms with Gasteiger partial charge in [0, 0.05) is 6.16 Å². The van der Waals surface area contributed by atoms with E-state index in [0.29, 0.717) is 18.6 Å². The van der Waals surface area contributed by atoms with E-state index < -0.39 is 8.03 Å². The minimum atomic E-state index is -2.25. The zero-order valence-electron chi connectivity index (χ0n) is 5.63. The molecular formula is C5H14NO2P. The number of hydrogen-bond acceptors (Lipinski definition) is 2. The van der Waals surface area contributed by atoms with Gasteiger partial charge in [-0.15, -0.1) is 0 Å². The quantitative estimate of drug-likeness (QED) is 0.573. The second-order valence-electron chi connectivity index (χ2n) is 2.27. The van der Waals surface area contributed by atoms with E-state index in [1.807, 2.05) is 6.92 Å². The Morgan fingerprint density at radius 3 is 2.67 bits per heavy atom. The van der Waals surface area contributed by atoms with Gasteiger partial charge in [0.25, 0.3) is 0 Å². The number of rotatable bonds is 4. The fourth-order valence-corrected chi connectivity index (χ4v) is 1.23. The highest BCUT2D eigenvalue weighted by Gasteiger charge is 1.99. The van der Waals surface area contributed by atoms with Crippen LogP contribution in [-0.2, 0) is 4.57 Å². The van der Waals surface area contributed by atoms with Crippen molar-refractivity contribution in [3.05, 3.63) is 0 Å². The van der Waals surface area contributed by atoms with Gasteiger partial charge in [0.05, 0.1) is 0 Å². The summed E-state index contributed by atoms with van der Waals surface area (Å²) in [6.45, 7) is 2.58. The number of hydrogen-bond donors (Lipinski definition) is 2. The Balaban J connectivity index is 3.16. The Labute approximate surface area is 56.1 Å². The monoisotopic (exact) mass is 151 g/mol. The van der Waals surface area contributed by atoms with Crippen molar-refractivity contribution in [2.45, 2.75) is 13.3 Å². The van der Waals surface area contributed by atoms with Crippen molar-refractivity contribution in [2.24, 2.45) is 11.7 Å². The molecule has 0 aromatic rings. The summed E-state index contributed by atoms with van der Waals surface area (Å²) in [5.74, 6) is 0.381. The third kappa shape index (κ3) is 6.03. The van der Waals surface area contributed by atoms with Gasteiger partial charge in [0.2, 0.25) is 0 Å². The van der Waals surface area contributed by atoms with Crippen LogP contribution in [0.2, 0.25) is 0 Å². The summed E-state index contributed by atoms with van der Waals surface area (Å²) < 4.78 is 10.2. The van der Waals surface area contributed by atoms with Crippen molar-refractivity contribution >= 4 is 8.03 Å². The highest BCUT2D eigenvalue weighted by atomic mass is 31.1. The van der Waals surface area contributed by atoms with Gasteiger partial charge >= 0.3 is 0 Å². The minimum absolute atomic E-state index is 0.381. The van der Waals surface area contributed by atoms with Gasteiger partial charge in [-0.1, -0.05) is 6.92 Å². The molecule has 0 rings (SSSR count). The molecule has 3 N–H and O–H groups in total. The molecule has 0 aliphatic heterocycles. The SMILES string of the molecule is CC(CN)CC[PH](=O)O. The zero-order valence-corrected chi connectivity index (χ0v) is 6.63. The molecule has 2 atom stereocenters.